The van der Waals surface area contributed by atoms with Gasteiger partial charge in [-0.05, 0) is 54.0 Å². The van der Waals surface area contributed by atoms with Crippen LogP contribution in [0.15, 0.2) is 36.4 Å². The second-order valence-electron chi connectivity index (χ2n) is 8.00. The second kappa shape index (κ2) is 5.74. The maximum atomic E-state index is 14.4. The molecule has 0 N–H and O–H groups in total. The van der Waals surface area contributed by atoms with Crippen LogP contribution in [0.25, 0.3) is 33.1 Å². The van der Waals surface area contributed by atoms with Gasteiger partial charge in [0.05, 0.1) is 5.56 Å². The standard InChI is InChI=1S/C24H22FN2O/c1-12(2)15-10-16-9-13(3)14(4)20-21(16)19(11-15)28-24-23(20)27(5)18-8-6-7-17(25)22(18)26-24/h6-12H,1-5H3/q+1. The summed E-state index contributed by atoms with van der Waals surface area (Å²) in [6.45, 7) is 8.62. The number of fused-ring (bicyclic) bond motifs is 3. The molecule has 0 amide bonds. The van der Waals surface area contributed by atoms with Gasteiger partial charge in [0, 0.05) is 11.5 Å². The molecule has 4 heteroatoms. The highest BCUT2D eigenvalue weighted by atomic mass is 19.1. The van der Waals surface area contributed by atoms with Crippen LogP contribution in [-0.4, -0.2) is 4.98 Å². The van der Waals surface area contributed by atoms with E-state index in [9.17, 15) is 4.39 Å². The molecule has 0 fully saturated rings. The van der Waals surface area contributed by atoms with Crippen molar-refractivity contribution in [3.05, 3.63) is 58.9 Å². The Morgan fingerprint density at radius 3 is 2.64 bits per heavy atom. The molecule has 1 aliphatic heterocycles. The molecule has 3 nitrogen and oxygen atoms in total. The van der Waals surface area contributed by atoms with Gasteiger partial charge in [-0.2, -0.15) is 9.55 Å². The van der Waals surface area contributed by atoms with Gasteiger partial charge in [0.1, 0.15) is 12.8 Å². The SMILES string of the molecule is Cc1cc2cc(C(C)C)cc3c2c(c1C)-c1c(nc2c(F)cccc2[n+]1C)O3. The lowest BCUT2D eigenvalue weighted by molar-refractivity contribution is -0.634. The highest BCUT2D eigenvalue weighted by Gasteiger charge is 2.33. The third-order valence-electron chi connectivity index (χ3n) is 5.93. The average molecular weight is 373 g/mol. The van der Waals surface area contributed by atoms with E-state index in [1.165, 1.54) is 28.1 Å². The van der Waals surface area contributed by atoms with E-state index < -0.39 is 0 Å². The molecule has 0 atom stereocenters. The summed E-state index contributed by atoms with van der Waals surface area (Å²) in [5.41, 5.74) is 6.74. The number of aromatic nitrogens is 2. The molecule has 0 unspecified atom stereocenters. The number of hydrogen-bond donors (Lipinski definition) is 0. The smallest absolute Gasteiger partial charge is 0.295 e. The molecular weight excluding hydrogens is 351 g/mol. The van der Waals surface area contributed by atoms with Crippen LogP contribution in [0.2, 0.25) is 0 Å². The van der Waals surface area contributed by atoms with E-state index in [2.05, 4.69) is 50.9 Å². The molecule has 5 rings (SSSR count). The Hall–Kier alpha value is -3.01. The minimum Gasteiger partial charge on any atom is -0.433 e. The first kappa shape index (κ1) is 17.1. The lowest BCUT2D eigenvalue weighted by Crippen LogP contribution is -2.34. The number of ether oxygens (including phenoxy) is 1. The van der Waals surface area contributed by atoms with Crippen LogP contribution in [-0.2, 0) is 7.05 Å². The monoisotopic (exact) mass is 373 g/mol. The summed E-state index contributed by atoms with van der Waals surface area (Å²) in [5, 5.41) is 2.28. The van der Waals surface area contributed by atoms with Crippen LogP contribution in [0, 0.1) is 19.7 Å². The third kappa shape index (κ3) is 2.21. The summed E-state index contributed by atoms with van der Waals surface area (Å²) in [7, 11) is 1.95. The van der Waals surface area contributed by atoms with E-state index in [0.717, 1.165) is 27.9 Å². The Morgan fingerprint density at radius 1 is 1.11 bits per heavy atom. The summed E-state index contributed by atoms with van der Waals surface area (Å²) < 4.78 is 22.7. The molecule has 0 radical (unpaired) electrons. The van der Waals surface area contributed by atoms with Crippen molar-refractivity contribution in [2.75, 3.05) is 0 Å². The molecule has 1 aliphatic rings. The first-order valence-electron chi connectivity index (χ1n) is 9.61. The van der Waals surface area contributed by atoms with Crippen molar-refractivity contribution in [2.24, 2.45) is 7.05 Å². The first-order chi connectivity index (χ1) is 13.4. The van der Waals surface area contributed by atoms with E-state index in [1.54, 1.807) is 6.07 Å². The summed E-state index contributed by atoms with van der Waals surface area (Å²) in [4.78, 5) is 4.59. The number of para-hydroxylation sites is 1. The van der Waals surface area contributed by atoms with Crippen LogP contribution >= 0.6 is 0 Å². The number of benzene rings is 3. The molecule has 0 saturated carbocycles. The van der Waals surface area contributed by atoms with E-state index in [0.29, 0.717) is 17.3 Å². The molecule has 0 saturated heterocycles. The number of rotatable bonds is 1. The molecule has 3 aromatic carbocycles. The topological polar surface area (TPSA) is 26.0 Å². The fourth-order valence-electron chi connectivity index (χ4n) is 4.23. The molecule has 140 valence electrons. The summed E-state index contributed by atoms with van der Waals surface area (Å²) in [6.07, 6.45) is 0. The minimum absolute atomic E-state index is 0.328. The lowest BCUT2D eigenvalue weighted by Gasteiger charge is -2.23. The summed E-state index contributed by atoms with van der Waals surface area (Å²) in [6, 6.07) is 11.6. The highest BCUT2D eigenvalue weighted by molar-refractivity contribution is 6.05. The van der Waals surface area contributed by atoms with E-state index in [1.807, 2.05) is 17.7 Å². The van der Waals surface area contributed by atoms with Gasteiger partial charge in [0.15, 0.2) is 11.3 Å². The van der Waals surface area contributed by atoms with Crippen molar-refractivity contribution in [2.45, 2.75) is 33.6 Å². The summed E-state index contributed by atoms with van der Waals surface area (Å²) >= 11 is 0. The van der Waals surface area contributed by atoms with Gasteiger partial charge in [-0.1, -0.05) is 32.0 Å². The number of aryl methyl sites for hydroxylation is 2. The fourth-order valence-corrected chi connectivity index (χ4v) is 4.23. The molecule has 0 bridgehead atoms. The maximum absolute atomic E-state index is 14.4. The first-order valence-corrected chi connectivity index (χ1v) is 9.61. The lowest BCUT2D eigenvalue weighted by atomic mass is 9.89. The Balaban J connectivity index is 1.98. The van der Waals surface area contributed by atoms with E-state index in [-0.39, 0.29) is 5.82 Å². The van der Waals surface area contributed by atoms with E-state index >= 15 is 0 Å². The maximum Gasteiger partial charge on any atom is 0.295 e. The van der Waals surface area contributed by atoms with Crippen LogP contribution in [0.5, 0.6) is 11.6 Å². The normalized spacial score (nSPS) is 12.5. The highest BCUT2D eigenvalue weighted by Crippen LogP contribution is 2.48. The predicted octanol–water partition coefficient (Wildman–Crippen LogP) is 5.86. The molecule has 2 heterocycles. The van der Waals surface area contributed by atoms with Crippen LogP contribution < -0.4 is 9.30 Å². The van der Waals surface area contributed by atoms with Gasteiger partial charge < -0.3 is 4.74 Å². The van der Waals surface area contributed by atoms with Crippen molar-refractivity contribution in [3.63, 3.8) is 0 Å². The minimum atomic E-state index is -0.340. The quantitative estimate of drug-likeness (QED) is 0.344. The Labute approximate surface area is 163 Å². The molecule has 28 heavy (non-hydrogen) atoms. The van der Waals surface area contributed by atoms with Crippen molar-refractivity contribution in [1.29, 1.82) is 0 Å². The van der Waals surface area contributed by atoms with Crippen molar-refractivity contribution in [1.82, 2.24) is 4.98 Å². The zero-order valence-corrected chi connectivity index (χ0v) is 16.7. The van der Waals surface area contributed by atoms with Gasteiger partial charge in [-0.25, -0.2) is 4.39 Å². The molecule has 1 aromatic heterocycles. The number of nitrogens with zero attached hydrogens (tertiary/aromatic N) is 2. The summed E-state index contributed by atoms with van der Waals surface area (Å²) in [5.74, 6) is 1.31. The van der Waals surface area contributed by atoms with Crippen LogP contribution in [0.4, 0.5) is 4.39 Å². The van der Waals surface area contributed by atoms with Gasteiger partial charge in [-0.3, -0.25) is 0 Å². The molecule has 4 aromatic rings. The second-order valence-corrected chi connectivity index (χ2v) is 8.00. The molecular formula is C24H22FN2O+. The van der Waals surface area contributed by atoms with Crippen LogP contribution in [0.3, 0.4) is 0 Å². The Bertz CT molecular complexity index is 1310. The van der Waals surface area contributed by atoms with Crippen molar-refractivity contribution >= 4 is 21.8 Å². The fraction of sp³-hybridized carbons (Fsp3) is 0.250. The number of hydrogen-bond acceptors (Lipinski definition) is 2. The third-order valence-corrected chi connectivity index (χ3v) is 5.93. The van der Waals surface area contributed by atoms with Gasteiger partial charge in [0.25, 0.3) is 11.6 Å². The van der Waals surface area contributed by atoms with Gasteiger partial charge >= 0.3 is 0 Å². The molecule has 0 aliphatic carbocycles. The van der Waals surface area contributed by atoms with Gasteiger partial charge in [0.2, 0.25) is 5.52 Å². The zero-order chi connectivity index (χ0) is 19.7. The zero-order valence-electron chi connectivity index (χ0n) is 16.7. The van der Waals surface area contributed by atoms with Crippen molar-refractivity contribution < 1.29 is 13.7 Å². The van der Waals surface area contributed by atoms with Gasteiger partial charge in [-0.15, -0.1) is 0 Å². The molecule has 0 spiro atoms. The number of halogens is 1. The predicted molar refractivity (Wildman–Crippen MR) is 109 cm³/mol. The Morgan fingerprint density at radius 2 is 1.89 bits per heavy atom. The van der Waals surface area contributed by atoms with E-state index in [4.69, 9.17) is 4.74 Å². The largest absolute Gasteiger partial charge is 0.433 e. The Kier molecular flexibility index (Phi) is 3.51. The van der Waals surface area contributed by atoms with Crippen LogP contribution in [0.1, 0.15) is 36.5 Å². The van der Waals surface area contributed by atoms with Crippen molar-refractivity contribution in [3.8, 4) is 22.9 Å². The average Bonchev–Trinajstić information content (AvgIpc) is 2.65.